The summed E-state index contributed by atoms with van der Waals surface area (Å²) >= 11 is 7.28. The molecule has 0 aliphatic rings. The second kappa shape index (κ2) is 5.88. The molecule has 0 aliphatic heterocycles. The zero-order valence-electron chi connectivity index (χ0n) is 9.85. The lowest BCUT2D eigenvalue weighted by atomic mass is 10.4. The summed E-state index contributed by atoms with van der Waals surface area (Å²) in [7, 11) is 1.79. The molecule has 2 aromatic rings. The van der Waals surface area contributed by atoms with E-state index in [4.69, 9.17) is 16.3 Å². The van der Waals surface area contributed by atoms with E-state index in [1.165, 1.54) is 11.8 Å². The van der Waals surface area contributed by atoms with E-state index in [1.807, 2.05) is 6.26 Å². The molecule has 1 N–H and O–H groups in total. The molecule has 18 heavy (non-hydrogen) atoms. The van der Waals surface area contributed by atoms with E-state index in [2.05, 4.69) is 20.3 Å². The lowest BCUT2D eigenvalue weighted by Crippen LogP contribution is -1.98. The smallest absolute Gasteiger partial charge is 0.225 e. The molecule has 0 amide bonds. The van der Waals surface area contributed by atoms with Crippen molar-refractivity contribution in [3.8, 4) is 11.6 Å². The second-order valence-corrected chi connectivity index (χ2v) is 4.48. The second-order valence-electron chi connectivity index (χ2n) is 3.27. The van der Waals surface area contributed by atoms with Crippen molar-refractivity contribution in [1.29, 1.82) is 0 Å². The number of nitrogens with one attached hydrogen (secondary N) is 1. The molecule has 0 saturated carbocycles. The van der Waals surface area contributed by atoms with Gasteiger partial charge < -0.3 is 10.1 Å². The minimum absolute atomic E-state index is 0.447. The number of pyridine rings is 1. The zero-order valence-corrected chi connectivity index (χ0v) is 11.4. The summed E-state index contributed by atoms with van der Waals surface area (Å²) in [6.45, 7) is 0. The van der Waals surface area contributed by atoms with E-state index in [0.29, 0.717) is 27.6 Å². The van der Waals surface area contributed by atoms with Crippen LogP contribution in [-0.4, -0.2) is 28.3 Å². The molecule has 0 bridgehead atoms. The molecule has 0 saturated heterocycles. The summed E-state index contributed by atoms with van der Waals surface area (Å²) in [5, 5.41) is 4.10. The lowest BCUT2D eigenvalue weighted by molar-refractivity contribution is 0.454. The third-order valence-electron chi connectivity index (χ3n) is 2.02. The van der Waals surface area contributed by atoms with Crippen LogP contribution in [-0.2, 0) is 0 Å². The van der Waals surface area contributed by atoms with Gasteiger partial charge in [0.05, 0.1) is 11.2 Å². The first-order chi connectivity index (χ1) is 8.71. The number of halogens is 1. The standard InChI is InChI=1S/C11H11ClN4OS/c1-13-9-4-10(16-11(15-9)18-2)17-8-3-7(12)5-14-6-8/h3-6H,1-2H3,(H,13,15,16). The molecule has 0 atom stereocenters. The van der Waals surface area contributed by atoms with Crippen LogP contribution < -0.4 is 10.1 Å². The van der Waals surface area contributed by atoms with Gasteiger partial charge in [0.2, 0.25) is 5.88 Å². The minimum Gasteiger partial charge on any atom is -0.437 e. The monoisotopic (exact) mass is 282 g/mol. The first-order valence-electron chi connectivity index (χ1n) is 5.10. The number of hydrogen-bond donors (Lipinski definition) is 1. The molecule has 0 radical (unpaired) electrons. The summed E-state index contributed by atoms with van der Waals surface area (Å²) in [4.78, 5) is 12.4. The fourth-order valence-electron chi connectivity index (χ4n) is 1.24. The number of nitrogens with zero attached hydrogens (tertiary/aromatic N) is 3. The van der Waals surface area contributed by atoms with Crippen LogP contribution >= 0.6 is 23.4 Å². The number of anilines is 1. The van der Waals surface area contributed by atoms with Gasteiger partial charge in [0.25, 0.3) is 0 Å². The molecule has 0 aromatic carbocycles. The fourth-order valence-corrected chi connectivity index (χ4v) is 1.78. The number of rotatable bonds is 4. The van der Waals surface area contributed by atoms with Gasteiger partial charge in [-0.2, -0.15) is 4.98 Å². The van der Waals surface area contributed by atoms with Gasteiger partial charge in [0.1, 0.15) is 11.6 Å². The van der Waals surface area contributed by atoms with Crippen LogP contribution in [0.4, 0.5) is 5.82 Å². The SMILES string of the molecule is CNc1cc(Oc2cncc(Cl)c2)nc(SC)n1. The van der Waals surface area contributed by atoms with E-state index in [9.17, 15) is 0 Å². The molecular weight excluding hydrogens is 272 g/mol. The van der Waals surface area contributed by atoms with E-state index < -0.39 is 0 Å². The largest absolute Gasteiger partial charge is 0.437 e. The van der Waals surface area contributed by atoms with Crippen LogP contribution in [0.2, 0.25) is 5.02 Å². The normalized spacial score (nSPS) is 10.2. The predicted molar refractivity (Wildman–Crippen MR) is 72.7 cm³/mol. The van der Waals surface area contributed by atoms with Gasteiger partial charge in [0, 0.05) is 25.4 Å². The maximum Gasteiger partial charge on any atom is 0.225 e. The van der Waals surface area contributed by atoms with E-state index in [-0.39, 0.29) is 0 Å². The zero-order chi connectivity index (χ0) is 13.0. The highest BCUT2D eigenvalue weighted by molar-refractivity contribution is 7.98. The third kappa shape index (κ3) is 3.24. The summed E-state index contributed by atoms with van der Waals surface area (Å²) in [6.07, 6.45) is 5.02. The molecule has 0 aliphatic carbocycles. The van der Waals surface area contributed by atoms with Crippen molar-refractivity contribution < 1.29 is 4.74 Å². The lowest BCUT2D eigenvalue weighted by Gasteiger charge is -2.07. The van der Waals surface area contributed by atoms with Gasteiger partial charge in [-0.05, 0) is 6.26 Å². The van der Waals surface area contributed by atoms with Crippen molar-refractivity contribution in [2.45, 2.75) is 5.16 Å². The summed E-state index contributed by atoms with van der Waals surface area (Å²) in [5.74, 6) is 1.68. The molecule has 2 aromatic heterocycles. The molecule has 0 fully saturated rings. The molecule has 7 heteroatoms. The molecule has 94 valence electrons. The predicted octanol–water partition coefficient (Wildman–Crippen LogP) is 3.08. The Morgan fingerprint density at radius 1 is 1.28 bits per heavy atom. The minimum atomic E-state index is 0.447. The summed E-state index contributed by atoms with van der Waals surface area (Å²) in [5.41, 5.74) is 0. The van der Waals surface area contributed by atoms with Crippen molar-refractivity contribution in [2.24, 2.45) is 0 Å². The van der Waals surface area contributed by atoms with Crippen molar-refractivity contribution in [3.63, 3.8) is 0 Å². The highest BCUT2D eigenvalue weighted by atomic mass is 35.5. The maximum atomic E-state index is 5.84. The first kappa shape index (κ1) is 12.9. The van der Waals surface area contributed by atoms with Gasteiger partial charge in [-0.1, -0.05) is 23.4 Å². The van der Waals surface area contributed by atoms with Crippen LogP contribution in [0.5, 0.6) is 11.6 Å². The van der Waals surface area contributed by atoms with Gasteiger partial charge in [-0.3, -0.25) is 4.98 Å². The Kier molecular flexibility index (Phi) is 4.22. The van der Waals surface area contributed by atoms with Crippen LogP contribution in [0.3, 0.4) is 0 Å². The fraction of sp³-hybridized carbons (Fsp3) is 0.182. The Hall–Kier alpha value is -1.53. The van der Waals surface area contributed by atoms with Crippen LogP contribution in [0.15, 0.2) is 29.7 Å². The van der Waals surface area contributed by atoms with Gasteiger partial charge >= 0.3 is 0 Å². The Balaban J connectivity index is 2.28. The average Bonchev–Trinajstić information content (AvgIpc) is 2.38. The Morgan fingerprint density at radius 3 is 2.78 bits per heavy atom. The van der Waals surface area contributed by atoms with Crippen molar-refractivity contribution in [1.82, 2.24) is 15.0 Å². The van der Waals surface area contributed by atoms with Crippen molar-refractivity contribution >= 4 is 29.2 Å². The van der Waals surface area contributed by atoms with E-state index >= 15 is 0 Å². The van der Waals surface area contributed by atoms with Crippen LogP contribution in [0, 0.1) is 0 Å². The van der Waals surface area contributed by atoms with Crippen LogP contribution in [0.25, 0.3) is 0 Å². The number of thioether (sulfide) groups is 1. The van der Waals surface area contributed by atoms with Crippen molar-refractivity contribution in [2.75, 3.05) is 18.6 Å². The summed E-state index contributed by atoms with van der Waals surface area (Å²) in [6, 6.07) is 3.38. The quantitative estimate of drug-likeness (QED) is 0.687. The highest BCUT2D eigenvalue weighted by Crippen LogP contribution is 2.24. The van der Waals surface area contributed by atoms with E-state index in [0.717, 1.165) is 0 Å². The van der Waals surface area contributed by atoms with Crippen molar-refractivity contribution in [3.05, 3.63) is 29.5 Å². The van der Waals surface area contributed by atoms with Gasteiger partial charge in [-0.15, -0.1) is 0 Å². The van der Waals surface area contributed by atoms with Crippen LogP contribution in [0.1, 0.15) is 0 Å². The first-order valence-corrected chi connectivity index (χ1v) is 6.71. The number of hydrogen-bond acceptors (Lipinski definition) is 6. The number of ether oxygens (including phenoxy) is 1. The van der Waals surface area contributed by atoms with E-state index in [1.54, 1.807) is 31.6 Å². The molecule has 0 unspecified atom stereocenters. The van der Waals surface area contributed by atoms with Gasteiger partial charge in [0.15, 0.2) is 5.16 Å². The topological polar surface area (TPSA) is 59.9 Å². The average molecular weight is 283 g/mol. The van der Waals surface area contributed by atoms with Gasteiger partial charge in [-0.25, -0.2) is 4.98 Å². The number of aromatic nitrogens is 3. The molecule has 5 nitrogen and oxygen atoms in total. The molecule has 2 rings (SSSR count). The third-order valence-corrected chi connectivity index (χ3v) is 2.78. The molecule has 0 spiro atoms. The highest BCUT2D eigenvalue weighted by Gasteiger charge is 2.05. The molecular formula is C11H11ClN4OS. The molecule has 2 heterocycles. The Morgan fingerprint density at radius 2 is 2.11 bits per heavy atom. The Labute approximate surface area is 114 Å². The summed E-state index contributed by atoms with van der Waals surface area (Å²) < 4.78 is 5.59. The Bertz CT molecular complexity index is 530. The maximum absolute atomic E-state index is 5.84.